The third-order valence-corrected chi connectivity index (χ3v) is 2.74. The normalized spacial score (nSPS) is 14.4. The largest absolute Gasteiger partial charge is 0.379 e. The predicted molar refractivity (Wildman–Crippen MR) is 57.6 cm³/mol. The van der Waals surface area contributed by atoms with E-state index in [1.165, 1.54) is 6.07 Å². The van der Waals surface area contributed by atoms with E-state index in [1.807, 2.05) is 6.07 Å². The van der Waals surface area contributed by atoms with Crippen LogP contribution in [0.25, 0.3) is 0 Å². The summed E-state index contributed by atoms with van der Waals surface area (Å²) in [5.41, 5.74) is 1.87. The van der Waals surface area contributed by atoms with Gasteiger partial charge in [-0.25, -0.2) is 0 Å². The van der Waals surface area contributed by atoms with Gasteiger partial charge in [0, 0.05) is 17.1 Å². The summed E-state index contributed by atoms with van der Waals surface area (Å²) in [6, 6.07) is 3.48. The van der Waals surface area contributed by atoms with E-state index >= 15 is 0 Å². The molecule has 0 aliphatic carbocycles. The zero-order valence-corrected chi connectivity index (χ0v) is 9.00. The highest BCUT2D eigenvalue weighted by Gasteiger charge is 2.20. The van der Waals surface area contributed by atoms with Crippen molar-refractivity contribution in [2.45, 2.75) is 12.8 Å². The average molecular weight is 257 g/mol. The Balaban J connectivity index is 2.58. The fraction of sp³-hybridized carbons (Fsp3) is 0.333. The Hall–Kier alpha value is -1.10. The maximum Gasteiger partial charge on any atom is 0.293 e. The van der Waals surface area contributed by atoms with Gasteiger partial charge >= 0.3 is 0 Å². The molecule has 0 spiro atoms. The number of nitrogens with one attached hydrogen (secondary N) is 1. The molecule has 0 fully saturated rings. The minimum Gasteiger partial charge on any atom is -0.379 e. The Labute approximate surface area is 89.6 Å². The van der Waals surface area contributed by atoms with Gasteiger partial charge in [-0.15, -0.1) is 0 Å². The van der Waals surface area contributed by atoms with Crippen LogP contribution in [0.2, 0.25) is 0 Å². The van der Waals surface area contributed by atoms with Gasteiger partial charge in [0.05, 0.1) is 4.92 Å². The van der Waals surface area contributed by atoms with E-state index in [1.54, 1.807) is 0 Å². The lowest BCUT2D eigenvalue weighted by Crippen LogP contribution is -2.13. The van der Waals surface area contributed by atoms with Crippen molar-refractivity contribution in [2.75, 3.05) is 11.9 Å². The molecule has 0 bridgehead atoms. The van der Waals surface area contributed by atoms with Gasteiger partial charge in [0.2, 0.25) is 0 Å². The molecule has 1 aromatic rings. The summed E-state index contributed by atoms with van der Waals surface area (Å²) in [4.78, 5) is 10.4. The van der Waals surface area contributed by atoms with Crippen LogP contribution in [0.5, 0.6) is 0 Å². The van der Waals surface area contributed by atoms with Crippen LogP contribution in [0.3, 0.4) is 0 Å². The van der Waals surface area contributed by atoms with Crippen LogP contribution in [0, 0.1) is 10.1 Å². The number of benzene rings is 1. The standard InChI is InChI=1S/C9H9BrN2O2/c10-7-4-6-2-1-3-11-9(6)8(5-7)12(13)14/h4-5,11H,1-3H2. The van der Waals surface area contributed by atoms with Crippen molar-refractivity contribution in [2.24, 2.45) is 0 Å². The predicted octanol–water partition coefficient (Wildman–Crippen LogP) is 2.72. The van der Waals surface area contributed by atoms with Crippen molar-refractivity contribution < 1.29 is 4.92 Å². The van der Waals surface area contributed by atoms with Gasteiger partial charge in [-0.05, 0) is 24.5 Å². The van der Waals surface area contributed by atoms with E-state index in [2.05, 4.69) is 21.2 Å². The zero-order valence-electron chi connectivity index (χ0n) is 7.42. The smallest absolute Gasteiger partial charge is 0.293 e. The van der Waals surface area contributed by atoms with Crippen LogP contribution in [-0.4, -0.2) is 11.5 Å². The maximum atomic E-state index is 10.8. The second-order valence-electron chi connectivity index (χ2n) is 3.25. The monoisotopic (exact) mass is 256 g/mol. The van der Waals surface area contributed by atoms with E-state index < -0.39 is 0 Å². The number of anilines is 1. The Morgan fingerprint density at radius 3 is 3.00 bits per heavy atom. The molecule has 14 heavy (non-hydrogen) atoms. The summed E-state index contributed by atoms with van der Waals surface area (Å²) in [5.74, 6) is 0. The number of halogens is 1. The van der Waals surface area contributed by atoms with E-state index in [0.29, 0.717) is 5.69 Å². The van der Waals surface area contributed by atoms with E-state index in [9.17, 15) is 10.1 Å². The minimum atomic E-state index is -0.345. The molecule has 74 valence electrons. The summed E-state index contributed by atoms with van der Waals surface area (Å²) < 4.78 is 0.770. The quantitative estimate of drug-likeness (QED) is 0.621. The summed E-state index contributed by atoms with van der Waals surface area (Å²) in [7, 11) is 0. The van der Waals surface area contributed by atoms with Gasteiger partial charge in [0.1, 0.15) is 5.69 Å². The van der Waals surface area contributed by atoms with Crippen LogP contribution in [0.1, 0.15) is 12.0 Å². The van der Waals surface area contributed by atoms with Gasteiger partial charge in [-0.3, -0.25) is 10.1 Å². The lowest BCUT2D eigenvalue weighted by Gasteiger charge is -2.17. The second-order valence-corrected chi connectivity index (χ2v) is 4.16. The first kappa shape index (κ1) is 9.45. The van der Waals surface area contributed by atoms with Crippen molar-refractivity contribution in [3.63, 3.8) is 0 Å². The first-order chi connectivity index (χ1) is 6.68. The number of nitro benzene ring substituents is 1. The summed E-state index contributed by atoms with van der Waals surface area (Å²) >= 11 is 3.28. The molecule has 0 saturated heterocycles. The number of hydrogen-bond acceptors (Lipinski definition) is 3. The van der Waals surface area contributed by atoms with Gasteiger partial charge < -0.3 is 5.32 Å². The fourth-order valence-corrected chi connectivity index (χ4v) is 2.18. The molecule has 5 heteroatoms. The molecule has 0 aromatic heterocycles. The Bertz CT molecular complexity index is 393. The maximum absolute atomic E-state index is 10.8. The van der Waals surface area contributed by atoms with Crippen molar-refractivity contribution in [1.29, 1.82) is 0 Å². The average Bonchev–Trinajstić information content (AvgIpc) is 2.16. The zero-order chi connectivity index (χ0) is 10.1. The highest BCUT2D eigenvalue weighted by atomic mass is 79.9. The number of rotatable bonds is 1. The number of hydrogen-bond donors (Lipinski definition) is 1. The molecule has 0 radical (unpaired) electrons. The van der Waals surface area contributed by atoms with E-state index in [-0.39, 0.29) is 10.6 Å². The van der Waals surface area contributed by atoms with E-state index in [4.69, 9.17) is 0 Å². The highest BCUT2D eigenvalue weighted by Crippen LogP contribution is 2.34. The van der Waals surface area contributed by atoms with Crippen molar-refractivity contribution in [3.05, 3.63) is 32.3 Å². The molecule has 0 atom stereocenters. The van der Waals surface area contributed by atoms with E-state index in [0.717, 1.165) is 29.4 Å². The lowest BCUT2D eigenvalue weighted by atomic mass is 10.0. The Kier molecular flexibility index (Phi) is 2.41. The van der Waals surface area contributed by atoms with Crippen molar-refractivity contribution in [1.82, 2.24) is 0 Å². The molecule has 0 amide bonds. The summed E-state index contributed by atoms with van der Waals surface area (Å²) in [6.07, 6.45) is 1.93. The molecule has 0 saturated carbocycles. The molecule has 1 aromatic carbocycles. The third kappa shape index (κ3) is 1.59. The molecule has 1 aliphatic heterocycles. The topological polar surface area (TPSA) is 55.2 Å². The highest BCUT2D eigenvalue weighted by molar-refractivity contribution is 9.10. The Morgan fingerprint density at radius 2 is 2.29 bits per heavy atom. The van der Waals surface area contributed by atoms with Gasteiger partial charge in [0.25, 0.3) is 5.69 Å². The van der Waals surface area contributed by atoms with Crippen molar-refractivity contribution in [3.8, 4) is 0 Å². The summed E-state index contributed by atoms with van der Waals surface area (Å²) in [5, 5.41) is 13.8. The molecule has 1 heterocycles. The van der Waals surface area contributed by atoms with Crippen LogP contribution in [0.4, 0.5) is 11.4 Å². The molecule has 4 nitrogen and oxygen atoms in total. The molecule has 2 rings (SSSR count). The Morgan fingerprint density at radius 1 is 1.50 bits per heavy atom. The fourth-order valence-electron chi connectivity index (χ4n) is 1.69. The second kappa shape index (κ2) is 3.57. The van der Waals surface area contributed by atoms with Gasteiger partial charge in [0.15, 0.2) is 0 Å². The van der Waals surface area contributed by atoms with Gasteiger partial charge in [-0.2, -0.15) is 0 Å². The summed E-state index contributed by atoms with van der Waals surface area (Å²) in [6.45, 7) is 0.815. The van der Waals surface area contributed by atoms with Crippen LogP contribution in [0.15, 0.2) is 16.6 Å². The molecule has 0 unspecified atom stereocenters. The van der Waals surface area contributed by atoms with Gasteiger partial charge in [-0.1, -0.05) is 15.9 Å². The first-order valence-electron chi connectivity index (χ1n) is 4.39. The minimum absolute atomic E-state index is 0.161. The van der Waals surface area contributed by atoms with Crippen LogP contribution < -0.4 is 5.32 Å². The first-order valence-corrected chi connectivity index (χ1v) is 5.18. The lowest BCUT2D eigenvalue weighted by molar-refractivity contribution is -0.384. The molecule has 1 N–H and O–H groups in total. The number of nitrogens with zero attached hydrogens (tertiary/aromatic N) is 1. The number of aryl methyl sites for hydroxylation is 1. The number of nitro groups is 1. The third-order valence-electron chi connectivity index (χ3n) is 2.29. The molecular formula is C9H9BrN2O2. The van der Waals surface area contributed by atoms with Crippen molar-refractivity contribution >= 4 is 27.3 Å². The number of fused-ring (bicyclic) bond motifs is 1. The molecule has 1 aliphatic rings. The SMILES string of the molecule is O=[N+]([O-])c1cc(Br)cc2c1NCCC2. The molecular weight excluding hydrogens is 248 g/mol. The van der Waals surface area contributed by atoms with Crippen LogP contribution >= 0.6 is 15.9 Å². The van der Waals surface area contributed by atoms with Crippen LogP contribution in [-0.2, 0) is 6.42 Å².